The molecule has 1 aliphatic rings. The van der Waals surface area contributed by atoms with Crippen LogP contribution in [-0.2, 0) is 67.2 Å². The number of nitrogens with zero attached hydrogens (tertiary/aromatic N) is 3. The number of hydrogen-bond acceptors (Lipinski definition) is 14. The maximum Gasteiger partial charge on any atom is 0.326 e. The number of amides is 7. The zero-order valence-electron chi connectivity index (χ0n) is 38.8. The summed E-state index contributed by atoms with van der Waals surface area (Å²) in [6, 6.07) is 3.60. The Hall–Kier alpha value is -8.62. The molecule has 27 heteroatoms. The van der Waals surface area contributed by atoms with Crippen LogP contribution >= 0.6 is 0 Å². The lowest BCUT2D eigenvalue weighted by Crippen LogP contribution is -2.60. The van der Waals surface area contributed by atoms with Crippen molar-refractivity contribution in [2.24, 2.45) is 22.2 Å². The predicted molar refractivity (Wildman–Crippen MR) is 252 cm³/mol. The summed E-state index contributed by atoms with van der Waals surface area (Å²) in [6.45, 7) is -0.744. The molecule has 27 nitrogen and oxygen atoms in total. The molecule has 388 valence electrons. The summed E-state index contributed by atoms with van der Waals surface area (Å²) in [6.07, 6.45) is 0.784. The molecule has 2 aromatic carbocycles. The SMILES string of the molecule is NC(N)=NCCC[C@H](NC(=O)[C@@H](N)CC(=O)O)C(=O)NCC(=O)N[C@@H](Cc1ccc(O)cc1)C(=O)N[C@@H](CC(=O)O)C(=O)N[C@@H](Cc1cnc[nH]1)C(=O)N1CCC[C@H]1C(=O)N[C@@H](Cc1ccccc1)C(=O)O. The average molecular weight is 1010 g/mol. The van der Waals surface area contributed by atoms with Gasteiger partial charge in [-0.25, -0.2) is 9.78 Å². The van der Waals surface area contributed by atoms with Crippen molar-refractivity contribution in [1.29, 1.82) is 0 Å². The number of hydrogen-bond donors (Lipinski definition) is 14. The van der Waals surface area contributed by atoms with Crippen LogP contribution in [0, 0.1) is 0 Å². The number of nitrogens with one attached hydrogen (secondary N) is 7. The van der Waals surface area contributed by atoms with Crippen LogP contribution in [0.2, 0.25) is 0 Å². The molecule has 17 N–H and O–H groups in total. The topological polar surface area (TPSA) is 446 Å². The van der Waals surface area contributed by atoms with Crippen LogP contribution in [0.25, 0.3) is 0 Å². The second-order valence-corrected chi connectivity index (χ2v) is 16.7. The number of aromatic amines is 1. The molecule has 0 unspecified atom stereocenters. The van der Waals surface area contributed by atoms with E-state index < -0.39 is 121 Å². The molecule has 1 saturated heterocycles. The Labute approximate surface area is 411 Å². The molecular formula is C45H59N13O14. The van der Waals surface area contributed by atoms with Gasteiger partial charge < -0.3 is 79.4 Å². The van der Waals surface area contributed by atoms with Gasteiger partial charge in [0.2, 0.25) is 41.4 Å². The lowest BCUT2D eigenvalue weighted by Gasteiger charge is -2.30. The first-order valence-electron chi connectivity index (χ1n) is 22.6. The summed E-state index contributed by atoms with van der Waals surface area (Å²) in [4.78, 5) is 143. The highest BCUT2D eigenvalue weighted by molar-refractivity contribution is 5.98. The van der Waals surface area contributed by atoms with Crippen molar-refractivity contribution in [3.63, 3.8) is 0 Å². The van der Waals surface area contributed by atoms with Crippen molar-refractivity contribution in [2.45, 2.75) is 100 Å². The molecule has 1 aromatic heterocycles. The number of likely N-dealkylation sites (tertiary alicyclic amines) is 1. The van der Waals surface area contributed by atoms with Crippen molar-refractivity contribution in [1.82, 2.24) is 46.8 Å². The summed E-state index contributed by atoms with van der Waals surface area (Å²) in [7, 11) is 0. The van der Waals surface area contributed by atoms with Crippen molar-refractivity contribution in [3.8, 4) is 5.75 Å². The zero-order chi connectivity index (χ0) is 52.9. The number of benzene rings is 2. The van der Waals surface area contributed by atoms with Gasteiger partial charge in [0.05, 0.1) is 31.8 Å². The maximum atomic E-state index is 14.3. The minimum atomic E-state index is -1.89. The van der Waals surface area contributed by atoms with E-state index in [0.29, 0.717) is 23.2 Å². The van der Waals surface area contributed by atoms with E-state index in [2.05, 4.69) is 46.9 Å². The van der Waals surface area contributed by atoms with Crippen LogP contribution in [0.4, 0.5) is 0 Å². The number of carboxylic acids is 3. The fraction of sp³-hybridized carbons (Fsp3) is 0.422. The quantitative estimate of drug-likeness (QED) is 0.0188. The minimum absolute atomic E-state index is 0.0316. The molecule has 7 amide bonds. The Morgan fingerprint density at radius 2 is 1.35 bits per heavy atom. The molecule has 0 radical (unpaired) electrons. The van der Waals surface area contributed by atoms with E-state index >= 15 is 0 Å². The highest BCUT2D eigenvalue weighted by atomic mass is 16.4. The maximum absolute atomic E-state index is 14.3. The molecule has 72 heavy (non-hydrogen) atoms. The predicted octanol–water partition coefficient (Wildman–Crippen LogP) is -3.91. The molecule has 1 aliphatic heterocycles. The third-order valence-electron chi connectivity index (χ3n) is 11.1. The van der Waals surface area contributed by atoms with E-state index in [0.717, 1.165) is 0 Å². The molecule has 0 bridgehead atoms. The number of phenols is 1. The summed E-state index contributed by atoms with van der Waals surface area (Å²) in [5.41, 5.74) is 17.7. The summed E-state index contributed by atoms with van der Waals surface area (Å²) in [5, 5.41) is 53.1. The number of carbonyl (C=O) groups excluding carboxylic acids is 7. The second-order valence-electron chi connectivity index (χ2n) is 16.7. The normalized spacial score (nSPS) is 15.5. The summed E-state index contributed by atoms with van der Waals surface area (Å²) in [5.74, 6) is -11.3. The van der Waals surface area contributed by atoms with Gasteiger partial charge in [0.1, 0.15) is 42.0 Å². The number of aliphatic carboxylic acids is 3. The van der Waals surface area contributed by atoms with Gasteiger partial charge in [-0.05, 0) is 48.9 Å². The number of aromatic hydroxyl groups is 1. The number of aliphatic imine (C=N–C) groups is 1. The van der Waals surface area contributed by atoms with Crippen LogP contribution < -0.4 is 49.1 Å². The first kappa shape index (κ1) is 56.0. The van der Waals surface area contributed by atoms with Crippen molar-refractivity contribution in [2.75, 3.05) is 19.6 Å². The number of guanidine groups is 1. The smallest absolute Gasteiger partial charge is 0.326 e. The van der Waals surface area contributed by atoms with Crippen LogP contribution in [0.1, 0.15) is 55.3 Å². The Morgan fingerprint density at radius 1 is 0.722 bits per heavy atom. The third-order valence-corrected chi connectivity index (χ3v) is 11.1. The first-order valence-corrected chi connectivity index (χ1v) is 22.6. The zero-order valence-corrected chi connectivity index (χ0v) is 38.8. The van der Waals surface area contributed by atoms with Gasteiger partial charge in [-0.15, -0.1) is 0 Å². The molecule has 2 heterocycles. The highest BCUT2D eigenvalue weighted by Crippen LogP contribution is 2.21. The Morgan fingerprint density at radius 3 is 1.97 bits per heavy atom. The van der Waals surface area contributed by atoms with Crippen LogP contribution in [0.15, 0.2) is 72.1 Å². The standard InChI is InChI=1S/C45H59N13O14/c46-28(19-36(61)62)38(65)54-29(8-4-14-50-45(47)48)39(66)51-22-35(60)53-30(16-25-10-12-27(59)13-11-25)40(67)55-31(20-37(63)64)41(68)56-32(18-26-21-49-23-52-26)43(70)58-15-5-9-34(58)42(69)57-33(44(71)72)17-24-6-2-1-3-7-24/h1-3,6-7,10-13,21,23,28-34,59H,4-5,8-9,14-20,22,46H2,(H,49,52)(H,51,66)(H,53,60)(H,54,65)(H,55,67)(H,56,68)(H,57,69)(H,61,62)(H,63,64)(H,71,72)(H4,47,48,50)/t28-,29-,30-,31-,32-,33-,34-/m0/s1. The molecule has 4 rings (SSSR count). The van der Waals surface area contributed by atoms with Gasteiger partial charge >= 0.3 is 17.9 Å². The van der Waals surface area contributed by atoms with E-state index in [1.165, 1.54) is 41.7 Å². The van der Waals surface area contributed by atoms with E-state index in [4.69, 9.17) is 22.3 Å². The molecule has 7 atom stereocenters. The van der Waals surface area contributed by atoms with Crippen LogP contribution in [0.3, 0.4) is 0 Å². The fourth-order valence-electron chi connectivity index (χ4n) is 7.51. The summed E-state index contributed by atoms with van der Waals surface area (Å²) >= 11 is 0. The molecule has 0 aliphatic carbocycles. The van der Waals surface area contributed by atoms with Gasteiger partial charge in [-0.1, -0.05) is 42.5 Å². The van der Waals surface area contributed by atoms with Crippen LogP contribution in [-0.4, -0.2) is 162 Å². The van der Waals surface area contributed by atoms with Gasteiger partial charge in [0.15, 0.2) is 5.96 Å². The minimum Gasteiger partial charge on any atom is -0.508 e. The first-order chi connectivity index (χ1) is 34.2. The Bertz CT molecular complexity index is 2420. The fourth-order valence-corrected chi connectivity index (χ4v) is 7.51. The number of nitrogens with two attached hydrogens (primary N) is 3. The van der Waals surface area contributed by atoms with Gasteiger partial charge in [-0.2, -0.15) is 0 Å². The lowest BCUT2D eigenvalue weighted by atomic mass is 10.0. The number of H-pyrrole nitrogens is 1. The number of carbonyl (C=O) groups is 10. The molecule has 3 aromatic rings. The van der Waals surface area contributed by atoms with E-state index in [-0.39, 0.29) is 63.3 Å². The average Bonchev–Trinajstić information content (AvgIpc) is 4.04. The Kier molecular flexibility index (Phi) is 21.4. The highest BCUT2D eigenvalue weighted by Gasteiger charge is 2.40. The number of phenolic OH excluding ortho intramolecular Hbond substituents is 1. The number of aromatic nitrogens is 2. The van der Waals surface area contributed by atoms with Crippen molar-refractivity contribution < 1.29 is 68.4 Å². The van der Waals surface area contributed by atoms with Gasteiger partial charge in [-0.3, -0.25) is 48.1 Å². The monoisotopic (exact) mass is 1010 g/mol. The van der Waals surface area contributed by atoms with Gasteiger partial charge in [0, 0.05) is 44.2 Å². The summed E-state index contributed by atoms with van der Waals surface area (Å²) < 4.78 is 0. The van der Waals surface area contributed by atoms with E-state index in [9.17, 15) is 63.3 Å². The largest absolute Gasteiger partial charge is 0.508 e. The van der Waals surface area contributed by atoms with E-state index in [1.807, 2.05) is 0 Å². The van der Waals surface area contributed by atoms with E-state index in [1.54, 1.807) is 30.3 Å². The molecule has 0 saturated carbocycles. The van der Waals surface area contributed by atoms with Crippen molar-refractivity contribution in [3.05, 3.63) is 83.9 Å². The van der Waals surface area contributed by atoms with Crippen molar-refractivity contribution >= 4 is 65.2 Å². The molecule has 0 spiro atoms. The third kappa shape index (κ3) is 18.4. The van der Waals surface area contributed by atoms with Crippen LogP contribution in [0.5, 0.6) is 5.75 Å². The Balaban J connectivity index is 1.52. The second kappa shape index (κ2) is 27.5. The lowest BCUT2D eigenvalue weighted by molar-refractivity contribution is -0.145. The number of imidazole rings is 1. The molecule has 1 fully saturated rings. The van der Waals surface area contributed by atoms with Gasteiger partial charge in [0.25, 0.3) is 0 Å². The number of rotatable bonds is 28. The molecular weight excluding hydrogens is 947 g/mol. The number of carboxylic acid groups (broad SMARTS) is 3.